The molecule has 0 atom stereocenters. The van der Waals surface area contributed by atoms with Crippen LogP contribution in [0.4, 0.5) is 0 Å². The van der Waals surface area contributed by atoms with Crippen molar-refractivity contribution in [3.63, 3.8) is 0 Å². The van der Waals surface area contributed by atoms with E-state index in [0.29, 0.717) is 0 Å². The maximum absolute atomic E-state index is 2.28. The molecular weight excluding hydrogens is 156 g/mol. The van der Waals surface area contributed by atoms with Crippen LogP contribution < -0.4 is 0 Å². The second-order valence-electron chi connectivity index (χ2n) is 3.88. The lowest BCUT2D eigenvalue weighted by atomic mass is 10.1. The molecule has 13 heavy (non-hydrogen) atoms. The van der Waals surface area contributed by atoms with Crippen molar-refractivity contribution in [1.82, 2.24) is 0 Å². The lowest BCUT2D eigenvalue weighted by Crippen LogP contribution is -1.75. The molecule has 0 unspecified atom stereocenters. The Kier molecular flexibility index (Phi) is 9.18. The molecule has 0 aliphatic rings. The summed E-state index contributed by atoms with van der Waals surface area (Å²) in [4.78, 5) is 0. The van der Waals surface area contributed by atoms with Gasteiger partial charge in [0.25, 0.3) is 0 Å². The van der Waals surface area contributed by atoms with Crippen LogP contribution in [0.1, 0.15) is 59.3 Å². The van der Waals surface area contributed by atoms with E-state index >= 15 is 0 Å². The van der Waals surface area contributed by atoms with E-state index in [9.17, 15) is 0 Å². The van der Waals surface area contributed by atoms with Gasteiger partial charge in [-0.2, -0.15) is 0 Å². The maximum Gasteiger partial charge on any atom is -0.0348 e. The van der Waals surface area contributed by atoms with E-state index in [-0.39, 0.29) is 0 Å². The average Bonchev–Trinajstić information content (AvgIpc) is 2.09. The van der Waals surface area contributed by atoms with Crippen molar-refractivity contribution in [2.75, 3.05) is 0 Å². The summed E-state index contributed by atoms with van der Waals surface area (Å²) in [6.07, 6.45) is 14.8. The summed E-state index contributed by atoms with van der Waals surface area (Å²) in [6, 6.07) is 0. The Morgan fingerprint density at radius 2 is 1.69 bits per heavy atom. The van der Waals surface area contributed by atoms with Gasteiger partial charge in [0.15, 0.2) is 0 Å². The topological polar surface area (TPSA) is 0 Å². The minimum Gasteiger partial charge on any atom is -0.0845 e. The molecule has 0 aliphatic heterocycles. The summed E-state index contributed by atoms with van der Waals surface area (Å²) in [5.74, 6) is 0. The molecule has 0 nitrogen and oxygen atoms in total. The van der Waals surface area contributed by atoms with E-state index in [0.717, 1.165) is 0 Å². The van der Waals surface area contributed by atoms with Crippen LogP contribution >= 0.6 is 0 Å². The second-order valence-corrected chi connectivity index (χ2v) is 3.88. The summed E-state index contributed by atoms with van der Waals surface area (Å²) >= 11 is 0. The van der Waals surface area contributed by atoms with Crippen molar-refractivity contribution in [1.29, 1.82) is 0 Å². The third kappa shape index (κ3) is 11.5. The fraction of sp³-hybridized carbons (Fsp3) is 0.692. The Hall–Kier alpha value is -0.520. The van der Waals surface area contributed by atoms with Crippen LogP contribution in [0.25, 0.3) is 0 Å². The molecule has 0 radical (unpaired) electrons. The number of hydrogen-bond acceptors (Lipinski definition) is 0. The molecular formula is C13H24. The van der Waals surface area contributed by atoms with Gasteiger partial charge in [0, 0.05) is 0 Å². The van der Waals surface area contributed by atoms with Gasteiger partial charge in [0.2, 0.25) is 0 Å². The van der Waals surface area contributed by atoms with Crippen LogP contribution in [-0.4, -0.2) is 0 Å². The quantitative estimate of drug-likeness (QED) is 0.387. The SMILES string of the molecule is CCCCCCC/C=C\C=C(C)C. The molecule has 76 valence electrons. The highest BCUT2D eigenvalue weighted by Crippen LogP contribution is 2.05. The molecule has 0 N–H and O–H groups in total. The predicted octanol–water partition coefficient (Wildman–Crippen LogP) is 4.87. The van der Waals surface area contributed by atoms with Gasteiger partial charge in [0.1, 0.15) is 0 Å². The zero-order valence-corrected chi connectivity index (χ0v) is 9.47. The van der Waals surface area contributed by atoms with E-state index in [1.54, 1.807) is 0 Å². The third-order valence-corrected chi connectivity index (χ3v) is 2.04. The number of allylic oxidation sites excluding steroid dienone is 4. The Bertz CT molecular complexity index is 147. The fourth-order valence-corrected chi connectivity index (χ4v) is 1.22. The molecule has 0 heterocycles. The molecule has 0 saturated carbocycles. The molecule has 0 saturated heterocycles. The fourth-order valence-electron chi connectivity index (χ4n) is 1.22. The number of rotatable bonds is 7. The summed E-state index contributed by atoms with van der Waals surface area (Å²) in [5, 5.41) is 0. The van der Waals surface area contributed by atoms with E-state index in [1.807, 2.05) is 0 Å². The van der Waals surface area contributed by atoms with Gasteiger partial charge in [-0.1, -0.05) is 56.4 Å². The van der Waals surface area contributed by atoms with Gasteiger partial charge >= 0.3 is 0 Å². The largest absolute Gasteiger partial charge is 0.0845 e. The summed E-state index contributed by atoms with van der Waals surface area (Å²) in [6.45, 7) is 6.52. The second kappa shape index (κ2) is 9.57. The molecule has 0 heteroatoms. The lowest BCUT2D eigenvalue weighted by molar-refractivity contribution is 0.637. The summed E-state index contributed by atoms with van der Waals surface area (Å²) in [7, 11) is 0. The first kappa shape index (κ1) is 12.5. The van der Waals surface area contributed by atoms with Gasteiger partial charge in [-0.15, -0.1) is 0 Å². The van der Waals surface area contributed by atoms with Crippen molar-refractivity contribution in [3.05, 3.63) is 23.8 Å². The number of unbranched alkanes of at least 4 members (excludes halogenated alkanes) is 5. The van der Waals surface area contributed by atoms with E-state index in [2.05, 4.69) is 39.0 Å². The smallest absolute Gasteiger partial charge is 0.0348 e. The predicted molar refractivity (Wildman–Crippen MR) is 61.9 cm³/mol. The Labute approximate surface area is 83.7 Å². The standard InChI is InChI=1S/C13H24/c1-4-5-6-7-8-9-10-11-12-13(2)3/h10-12H,4-9H2,1-3H3/b11-10-. The summed E-state index contributed by atoms with van der Waals surface area (Å²) in [5.41, 5.74) is 1.38. The van der Waals surface area contributed by atoms with Crippen molar-refractivity contribution >= 4 is 0 Å². The van der Waals surface area contributed by atoms with Crippen LogP contribution in [0.15, 0.2) is 23.8 Å². The first-order valence-electron chi connectivity index (χ1n) is 5.57. The number of hydrogen-bond donors (Lipinski definition) is 0. The van der Waals surface area contributed by atoms with Crippen molar-refractivity contribution in [2.45, 2.75) is 59.3 Å². The van der Waals surface area contributed by atoms with Crippen LogP contribution in [0, 0.1) is 0 Å². The average molecular weight is 180 g/mol. The highest BCUT2D eigenvalue weighted by Gasteiger charge is 1.85. The molecule has 0 aromatic heterocycles. The van der Waals surface area contributed by atoms with Crippen LogP contribution in [-0.2, 0) is 0 Å². The minimum atomic E-state index is 1.24. The monoisotopic (exact) mass is 180 g/mol. The van der Waals surface area contributed by atoms with Gasteiger partial charge in [-0.3, -0.25) is 0 Å². The first-order chi connectivity index (χ1) is 6.27. The van der Waals surface area contributed by atoms with Crippen LogP contribution in [0.3, 0.4) is 0 Å². The van der Waals surface area contributed by atoms with E-state index < -0.39 is 0 Å². The first-order valence-corrected chi connectivity index (χ1v) is 5.57. The molecule has 0 bridgehead atoms. The molecule has 0 aromatic rings. The van der Waals surface area contributed by atoms with Crippen molar-refractivity contribution in [2.24, 2.45) is 0 Å². The van der Waals surface area contributed by atoms with Gasteiger partial charge in [-0.25, -0.2) is 0 Å². The maximum atomic E-state index is 2.28. The Morgan fingerprint density at radius 3 is 2.31 bits per heavy atom. The van der Waals surface area contributed by atoms with Gasteiger partial charge in [0.05, 0.1) is 0 Å². The molecule has 0 aliphatic carbocycles. The molecule has 0 amide bonds. The highest BCUT2D eigenvalue weighted by atomic mass is 13.9. The minimum absolute atomic E-state index is 1.24. The van der Waals surface area contributed by atoms with E-state index in [1.165, 1.54) is 44.1 Å². The molecule has 0 spiro atoms. The van der Waals surface area contributed by atoms with Gasteiger partial charge < -0.3 is 0 Å². The highest BCUT2D eigenvalue weighted by molar-refractivity contribution is 5.07. The summed E-state index contributed by atoms with van der Waals surface area (Å²) < 4.78 is 0. The van der Waals surface area contributed by atoms with E-state index in [4.69, 9.17) is 0 Å². The van der Waals surface area contributed by atoms with Crippen LogP contribution in [0.5, 0.6) is 0 Å². The lowest BCUT2D eigenvalue weighted by Gasteiger charge is -1.95. The molecule has 0 aromatic carbocycles. The Morgan fingerprint density at radius 1 is 1.00 bits per heavy atom. The van der Waals surface area contributed by atoms with Crippen LogP contribution in [0.2, 0.25) is 0 Å². The molecule has 0 fully saturated rings. The Balaban J connectivity index is 3.16. The third-order valence-electron chi connectivity index (χ3n) is 2.04. The zero-order valence-electron chi connectivity index (χ0n) is 9.47. The molecule has 0 rings (SSSR count). The van der Waals surface area contributed by atoms with Crippen molar-refractivity contribution in [3.8, 4) is 0 Å². The van der Waals surface area contributed by atoms with Crippen molar-refractivity contribution < 1.29 is 0 Å². The zero-order chi connectivity index (χ0) is 9.94. The van der Waals surface area contributed by atoms with Gasteiger partial charge in [-0.05, 0) is 26.7 Å². The normalized spacial score (nSPS) is 10.7.